The summed E-state index contributed by atoms with van der Waals surface area (Å²) in [4.78, 5) is 14.1. The fourth-order valence-corrected chi connectivity index (χ4v) is 3.14. The number of aromatic nitrogens is 2. The molecule has 1 aliphatic rings. The first-order valence-electron chi connectivity index (χ1n) is 7.24. The molecule has 0 amide bonds. The average Bonchev–Trinajstić information content (AvgIpc) is 2.45. The van der Waals surface area contributed by atoms with Crippen molar-refractivity contribution in [2.75, 3.05) is 24.5 Å². The maximum atomic E-state index is 11.9. The van der Waals surface area contributed by atoms with E-state index < -0.39 is 0 Å². The van der Waals surface area contributed by atoms with Gasteiger partial charge in [-0.3, -0.25) is 4.79 Å². The summed E-state index contributed by atoms with van der Waals surface area (Å²) in [6.07, 6.45) is 4.02. The van der Waals surface area contributed by atoms with Gasteiger partial charge in [-0.1, -0.05) is 18.5 Å². The lowest BCUT2D eigenvalue weighted by molar-refractivity contribution is 0.324. The maximum Gasteiger partial charge on any atom is 0.287 e. The van der Waals surface area contributed by atoms with E-state index in [0.717, 1.165) is 31.7 Å². The van der Waals surface area contributed by atoms with Crippen molar-refractivity contribution in [3.8, 4) is 0 Å². The second kappa shape index (κ2) is 6.59. The number of rotatable bonds is 4. The van der Waals surface area contributed by atoms with Gasteiger partial charge in [0.05, 0.1) is 11.9 Å². The van der Waals surface area contributed by atoms with Gasteiger partial charge in [-0.2, -0.15) is 5.10 Å². The van der Waals surface area contributed by atoms with Crippen LogP contribution in [0, 0.1) is 5.92 Å². The van der Waals surface area contributed by atoms with Crippen LogP contribution in [0.1, 0.15) is 26.7 Å². The Hall–Kier alpha value is -1.07. The Labute approximate surface area is 124 Å². The monoisotopic (exact) mass is 298 g/mol. The quantitative estimate of drug-likeness (QED) is 0.918. The fourth-order valence-electron chi connectivity index (χ4n) is 2.85. The van der Waals surface area contributed by atoms with Crippen molar-refractivity contribution in [3.05, 3.63) is 21.6 Å². The molecule has 112 valence electrons. The van der Waals surface area contributed by atoms with Crippen molar-refractivity contribution < 1.29 is 0 Å². The first-order chi connectivity index (χ1) is 9.54. The van der Waals surface area contributed by atoms with Crippen LogP contribution in [0.15, 0.2) is 11.0 Å². The molecule has 0 aliphatic carbocycles. The smallest absolute Gasteiger partial charge is 0.287 e. The molecular formula is C14H23ClN4O. The highest BCUT2D eigenvalue weighted by molar-refractivity contribution is 6.33. The van der Waals surface area contributed by atoms with E-state index >= 15 is 0 Å². The number of anilines is 1. The highest BCUT2D eigenvalue weighted by atomic mass is 35.5. The van der Waals surface area contributed by atoms with Crippen molar-refractivity contribution in [2.24, 2.45) is 13.0 Å². The van der Waals surface area contributed by atoms with E-state index in [1.165, 1.54) is 11.1 Å². The molecule has 5 nitrogen and oxygen atoms in total. The van der Waals surface area contributed by atoms with Gasteiger partial charge in [0.15, 0.2) is 0 Å². The lowest BCUT2D eigenvalue weighted by atomic mass is 9.91. The number of hydrogen-bond donors (Lipinski definition) is 1. The summed E-state index contributed by atoms with van der Waals surface area (Å²) >= 11 is 6.19. The molecule has 1 aliphatic heterocycles. The minimum absolute atomic E-state index is 0.231. The largest absolute Gasteiger partial charge is 0.369 e. The van der Waals surface area contributed by atoms with E-state index in [1.807, 2.05) is 0 Å². The first kappa shape index (κ1) is 15.3. The number of nitrogens with zero attached hydrogens (tertiary/aromatic N) is 3. The summed E-state index contributed by atoms with van der Waals surface area (Å²) in [5, 5.41) is 7.84. The number of halogens is 1. The predicted molar refractivity (Wildman–Crippen MR) is 82.6 cm³/mol. The van der Waals surface area contributed by atoms with E-state index in [-0.39, 0.29) is 10.6 Å². The Morgan fingerprint density at radius 2 is 2.35 bits per heavy atom. The summed E-state index contributed by atoms with van der Waals surface area (Å²) < 4.78 is 1.27. The van der Waals surface area contributed by atoms with Gasteiger partial charge in [0.2, 0.25) is 0 Å². The Balaban J connectivity index is 2.17. The molecule has 0 bridgehead atoms. The lowest BCUT2D eigenvalue weighted by Crippen LogP contribution is -2.45. The summed E-state index contributed by atoms with van der Waals surface area (Å²) in [5.41, 5.74) is 0.536. The Kier molecular flexibility index (Phi) is 5.05. The zero-order valence-corrected chi connectivity index (χ0v) is 13.2. The van der Waals surface area contributed by atoms with Crippen LogP contribution in [-0.4, -0.2) is 35.5 Å². The Morgan fingerprint density at radius 1 is 1.60 bits per heavy atom. The third kappa shape index (κ3) is 3.15. The van der Waals surface area contributed by atoms with Crippen LogP contribution in [0.2, 0.25) is 5.02 Å². The van der Waals surface area contributed by atoms with E-state index in [0.29, 0.717) is 12.0 Å². The highest BCUT2D eigenvalue weighted by Gasteiger charge is 2.26. The number of hydrogen-bond acceptors (Lipinski definition) is 4. The molecular weight excluding hydrogens is 276 g/mol. The van der Waals surface area contributed by atoms with E-state index in [1.54, 1.807) is 13.2 Å². The van der Waals surface area contributed by atoms with Crippen molar-refractivity contribution in [1.29, 1.82) is 0 Å². The van der Waals surface area contributed by atoms with Crippen molar-refractivity contribution in [3.63, 3.8) is 0 Å². The molecule has 0 radical (unpaired) electrons. The van der Waals surface area contributed by atoms with E-state index in [4.69, 9.17) is 11.6 Å². The summed E-state index contributed by atoms with van der Waals surface area (Å²) in [5.74, 6) is 0.573. The van der Waals surface area contributed by atoms with Gasteiger partial charge >= 0.3 is 0 Å². The minimum atomic E-state index is -0.231. The van der Waals surface area contributed by atoms with Crippen LogP contribution in [0.25, 0.3) is 0 Å². The number of piperidine rings is 1. The molecule has 0 saturated carbocycles. The minimum Gasteiger partial charge on any atom is -0.369 e. The fraction of sp³-hybridized carbons (Fsp3) is 0.714. The third-order valence-electron chi connectivity index (χ3n) is 4.09. The predicted octanol–water partition coefficient (Wildman–Crippen LogP) is 1.65. The average molecular weight is 299 g/mol. The van der Waals surface area contributed by atoms with Crippen LogP contribution in [0.3, 0.4) is 0 Å². The van der Waals surface area contributed by atoms with Gasteiger partial charge in [-0.15, -0.1) is 0 Å². The molecule has 1 fully saturated rings. The molecule has 2 rings (SSSR count). The maximum absolute atomic E-state index is 11.9. The zero-order chi connectivity index (χ0) is 14.7. The van der Waals surface area contributed by atoms with Crippen LogP contribution in [0.5, 0.6) is 0 Å². The van der Waals surface area contributed by atoms with Gasteiger partial charge < -0.3 is 10.2 Å². The Bertz CT molecular complexity index is 516. The molecule has 2 atom stereocenters. The summed E-state index contributed by atoms with van der Waals surface area (Å²) in [6.45, 7) is 7.18. The normalized spacial score (nSPS) is 21.0. The second-order valence-corrected chi connectivity index (χ2v) is 5.85. The second-order valence-electron chi connectivity index (χ2n) is 5.47. The SMILES string of the molecule is CCNC(C)C1CCCN(c2cnn(C)c(=O)c2Cl)C1. The van der Waals surface area contributed by atoms with Crippen LogP contribution in [0.4, 0.5) is 5.69 Å². The van der Waals surface area contributed by atoms with E-state index in [2.05, 4.69) is 29.2 Å². The number of aryl methyl sites for hydroxylation is 1. The van der Waals surface area contributed by atoms with Crippen molar-refractivity contribution >= 4 is 17.3 Å². The molecule has 1 aromatic heterocycles. The molecule has 2 heterocycles. The first-order valence-corrected chi connectivity index (χ1v) is 7.62. The van der Waals surface area contributed by atoms with Crippen LogP contribution < -0.4 is 15.8 Å². The standard InChI is InChI=1S/C14H23ClN4O/c1-4-16-10(2)11-6-5-7-19(9-11)12-8-17-18(3)14(20)13(12)15/h8,10-11,16H,4-7,9H2,1-3H3. The van der Waals surface area contributed by atoms with E-state index in [9.17, 15) is 4.79 Å². The third-order valence-corrected chi connectivity index (χ3v) is 4.45. The van der Waals surface area contributed by atoms with Gasteiger partial charge in [0.25, 0.3) is 5.56 Å². The Morgan fingerprint density at radius 3 is 3.05 bits per heavy atom. The molecule has 2 unspecified atom stereocenters. The molecule has 20 heavy (non-hydrogen) atoms. The summed E-state index contributed by atoms with van der Waals surface area (Å²) in [7, 11) is 1.62. The molecule has 6 heteroatoms. The summed E-state index contributed by atoms with van der Waals surface area (Å²) in [6, 6.07) is 0.473. The lowest BCUT2D eigenvalue weighted by Gasteiger charge is -2.37. The molecule has 0 spiro atoms. The zero-order valence-electron chi connectivity index (χ0n) is 12.4. The van der Waals surface area contributed by atoms with Gasteiger partial charge in [-0.05, 0) is 32.2 Å². The van der Waals surface area contributed by atoms with Gasteiger partial charge in [0, 0.05) is 26.2 Å². The van der Waals surface area contributed by atoms with Gasteiger partial charge in [-0.25, -0.2) is 4.68 Å². The van der Waals surface area contributed by atoms with Crippen molar-refractivity contribution in [2.45, 2.75) is 32.7 Å². The topological polar surface area (TPSA) is 50.2 Å². The van der Waals surface area contributed by atoms with Crippen LogP contribution >= 0.6 is 11.6 Å². The molecule has 1 saturated heterocycles. The number of nitrogens with one attached hydrogen (secondary N) is 1. The molecule has 0 aromatic carbocycles. The molecule has 1 N–H and O–H groups in total. The van der Waals surface area contributed by atoms with Gasteiger partial charge in [0.1, 0.15) is 5.02 Å². The molecule has 1 aromatic rings. The highest BCUT2D eigenvalue weighted by Crippen LogP contribution is 2.28. The van der Waals surface area contributed by atoms with Crippen LogP contribution in [-0.2, 0) is 7.05 Å². The van der Waals surface area contributed by atoms with Crippen molar-refractivity contribution in [1.82, 2.24) is 15.1 Å².